The van der Waals surface area contributed by atoms with Crippen LogP contribution in [0.4, 0.5) is 0 Å². The summed E-state index contributed by atoms with van der Waals surface area (Å²) in [5.74, 6) is 0.476. The molecule has 0 saturated carbocycles. The summed E-state index contributed by atoms with van der Waals surface area (Å²) in [6.45, 7) is 4.29. The molecule has 0 saturated heterocycles. The van der Waals surface area contributed by atoms with Crippen LogP contribution in [-0.2, 0) is 0 Å². The van der Waals surface area contributed by atoms with Crippen LogP contribution in [0.25, 0.3) is 10.9 Å². The topological polar surface area (TPSA) is 25.8 Å². The second kappa shape index (κ2) is 3.13. The number of nitrogens with zero attached hydrogens (tertiary/aromatic N) is 2. The van der Waals surface area contributed by atoms with Crippen molar-refractivity contribution in [3.63, 3.8) is 0 Å². The maximum Gasteiger partial charge on any atom is 0.0888 e. The maximum absolute atomic E-state index is 4.51. The normalized spacial score (nSPS) is 11.0. The fourth-order valence-electron chi connectivity index (χ4n) is 1.30. The fraction of sp³-hybridized carbons (Fsp3) is 0.273. The average Bonchev–Trinajstić information content (AvgIpc) is 2.17. The Morgan fingerprint density at radius 3 is 2.77 bits per heavy atom. The highest BCUT2D eigenvalue weighted by Crippen LogP contribution is 2.16. The molecule has 66 valence electrons. The molecule has 0 unspecified atom stereocenters. The third-order valence-electron chi connectivity index (χ3n) is 2.11. The van der Waals surface area contributed by atoms with E-state index in [1.165, 1.54) is 0 Å². The number of fused-ring (bicyclic) bond motifs is 1. The lowest BCUT2D eigenvalue weighted by Crippen LogP contribution is -1.92. The second-order valence-electron chi connectivity index (χ2n) is 3.46. The average molecular weight is 172 g/mol. The molecule has 2 rings (SSSR count). The third kappa shape index (κ3) is 1.52. The van der Waals surface area contributed by atoms with E-state index in [2.05, 4.69) is 35.9 Å². The number of aromatic nitrogens is 2. The molecule has 0 fully saturated rings. The van der Waals surface area contributed by atoms with Crippen LogP contribution in [-0.4, -0.2) is 9.97 Å². The molecular formula is C11H12N2. The molecule has 2 aromatic rings. The summed E-state index contributed by atoms with van der Waals surface area (Å²) in [5, 5.41) is 1.15. The summed E-state index contributed by atoms with van der Waals surface area (Å²) in [6, 6.07) is 6.15. The van der Waals surface area contributed by atoms with E-state index in [1.54, 1.807) is 12.4 Å². The highest BCUT2D eigenvalue weighted by atomic mass is 14.7. The van der Waals surface area contributed by atoms with Gasteiger partial charge >= 0.3 is 0 Å². The van der Waals surface area contributed by atoms with E-state index in [0.717, 1.165) is 16.6 Å². The van der Waals surface area contributed by atoms with Gasteiger partial charge in [-0.2, -0.15) is 0 Å². The van der Waals surface area contributed by atoms with Crippen LogP contribution in [0.1, 0.15) is 25.5 Å². The molecule has 0 amide bonds. The number of hydrogen-bond acceptors (Lipinski definition) is 2. The highest BCUT2D eigenvalue weighted by Gasteiger charge is 2.01. The van der Waals surface area contributed by atoms with Crippen LogP contribution in [0, 0.1) is 0 Å². The standard InChI is InChI=1S/C11H12N2/c1-8(2)10-4-3-9-5-6-12-7-11(9)13-10/h3-8H,1-2H3. The maximum atomic E-state index is 4.51. The van der Waals surface area contributed by atoms with E-state index in [-0.39, 0.29) is 0 Å². The first-order valence-corrected chi connectivity index (χ1v) is 4.48. The zero-order valence-electron chi connectivity index (χ0n) is 7.86. The lowest BCUT2D eigenvalue weighted by atomic mass is 10.1. The summed E-state index contributed by atoms with van der Waals surface area (Å²) in [7, 11) is 0. The number of pyridine rings is 2. The molecule has 0 aliphatic heterocycles. The molecule has 2 heterocycles. The van der Waals surface area contributed by atoms with E-state index >= 15 is 0 Å². The molecule has 0 aliphatic carbocycles. The Balaban J connectivity index is 2.62. The van der Waals surface area contributed by atoms with Crippen LogP contribution in [0.5, 0.6) is 0 Å². The van der Waals surface area contributed by atoms with Crippen molar-refractivity contribution in [2.75, 3.05) is 0 Å². The van der Waals surface area contributed by atoms with Gasteiger partial charge in [0.1, 0.15) is 0 Å². The third-order valence-corrected chi connectivity index (χ3v) is 2.11. The zero-order chi connectivity index (χ0) is 9.26. The molecular weight excluding hydrogens is 160 g/mol. The van der Waals surface area contributed by atoms with Crippen LogP contribution in [0.15, 0.2) is 30.6 Å². The van der Waals surface area contributed by atoms with Gasteiger partial charge in [0.05, 0.1) is 11.7 Å². The SMILES string of the molecule is CC(C)c1ccc2ccncc2n1. The molecule has 0 bridgehead atoms. The van der Waals surface area contributed by atoms with E-state index in [0.29, 0.717) is 5.92 Å². The Hall–Kier alpha value is -1.44. The Morgan fingerprint density at radius 1 is 1.15 bits per heavy atom. The van der Waals surface area contributed by atoms with Crippen molar-refractivity contribution in [3.8, 4) is 0 Å². The summed E-state index contributed by atoms with van der Waals surface area (Å²) >= 11 is 0. The predicted octanol–water partition coefficient (Wildman–Crippen LogP) is 2.75. The van der Waals surface area contributed by atoms with Gasteiger partial charge in [-0.15, -0.1) is 0 Å². The van der Waals surface area contributed by atoms with E-state index in [9.17, 15) is 0 Å². The molecule has 0 spiro atoms. The number of rotatable bonds is 1. The van der Waals surface area contributed by atoms with Gasteiger partial charge in [0.25, 0.3) is 0 Å². The van der Waals surface area contributed by atoms with E-state index in [1.807, 2.05) is 6.07 Å². The first-order valence-electron chi connectivity index (χ1n) is 4.48. The largest absolute Gasteiger partial charge is 0.262 e. The Bertz CT molecular complexity index is 421. The first kappa shape index (κ1) is 8.17. The van der Waals surface area contributed by atoms with Crippen molar-refractivity contribution in [2.45, 2.75) is 19.8 Å². The van der Waals surface area contributed by atoms with Crippen molar-refractivity contribution in [3.05, 3.63) is 36.3 Å². The van der Waals surface area contributed by atoms with Crippen molar-refractivity contribution in [1.29, 1.82) is 0 Å². The van der Waals surface area contributed by atoms with Gasteiger partial charge in [0, 0.05) is 17.3 Å². The number of hydrogen-bond donors (Lipinski definition) is 0. The van der Waals surface area contributed by atoms with Crippen LogP contribution >= 0.6 is 0 Å². The molecule has 0 aliphatic rings. The molecule has 2 aromatic heterocycles. The quantitative estimate of drug-likeness (QED) is 0.661. The minimum absolute atomic E-state index is 0.476. The van der Waals surface area contributed by atoms with Gasteiger partial charge in [-0.3, -0.25) is 9.97 Å². The van der Waals surface area contributed by atoms with Crippen LogP contribution < -0.4 is 0 Å². The lowest BCUT2D eigenvalue weighted by Gasteiger charge is -2.04. The van der Waals surface area contributed by atoms with Crippen molar-refractivity contribution in [1.82, 2.24) is 9.97 Å². The Labute approximate surface area is 77.6 Å². The van der Waals surface area contributed by atoms with E-state index in [4.69, 9.17) is 0 Å². The minimum atomic E-state index is 0.476. The van der Waals surface area contributed by atoms with Gasteiger partial charge in [-0.25, -0.2) is 0 Å². The summed E-state index contributed by atoms with van der Waals surface area (Å²) in [4.78, 5) is 8.56. The van der Waals surface area contributed by atoms with Crippen molar-refractivity contribution < 1.29 is 0 Å². The molecule has 2 nitrogen and oxygen atoms in total. The van der Waals surface area contributed by atoms with Gasteiger partial charge in [0.2, 0.25) is 0 Å². The molecule has 0 radical (unpaired) electrons. The second-order valence-corrected chi connectivity index (χ2v) is 3.46. The summed E-state index contributed by atoms with van der Waals surface area (Å²) < 4.78 is 0. The van der Waals surface area contributed by atoms with Gasteiger partial charge in [-0.1, -0.05) is 19.9 Å². The molecule has 0 aromatic carbocycles. The van der Waals surface area contributed by atoms with Gasteiger partial charge in [-0.05, 0) is 18.1 Å². The smallest absolute Gasteiger partial charge is 0.0888 e. The Morgan fingerprint density at radius 2 is 2.00 bits per heavy atom. The van der Waals surface area contributed by atoms with E-state index < -0.39 is 0 Å². The van der Waals surface area contributed by atoms with Crippen LogP contribution in [0.2, 0.25) is 0 Å². The minimum Gasteiger partial charge on any atom is -0.262 e. The molecule has 0 N–H and O–H groups in total. The highest BCUT2D eigenvalue weighted by molar-refractivity contribution is 5.77. The monoisotopic (exact) mass is 172 g/mol. The Kier molecular flexibility index (Phi) is 1.97. The lowest BCUT2D eigenvalue weighted by molar-refractivity contribution is 0.829. The fourth-order valence-corrected chi connectivity index (χ4v) is 1.30. The summed E-state index contributed by atoms with van der Waals surface area (Å²) in [6.07, 6.45) is 3.60. The molecule has 0 atom stereocenters. The predicted molar refractivity (Wildman–Crippen MR) is 53.6 cm³/mol. The molecule has 2 heteroatoms. The zero-order valence-corrected chi connectivity index (χ0v) is 7.86. The van der Waals surface area contributed by atoms with Gasteiger partial charge in [0.15, 0.2) is 0 Å². The first-order chi connectivity index (χ1) is 6.27. The van der Waals surface area contributed by atoms with Crippen molar-refractivity contribution >= 4 is 10.9 Å². The molecule has 13 heavy (non-hydrogen) atoms. The van der Waals surface area contributed by atoms with Crippen molar-refractivity contribution in [2.24, 2.45) is 0 Å². The summed E-state index contributed by atoms with van der Waals surface area (Å²) in [5.41, 5.74) is 2.11. The van der Waals surface area contributed by atoms with Gasteiger partial charge < -0.3 is 0 Å². The van der Waals surface area contributed by atoms with Crippen LogP contribution in [0.3, 0.4) is 0 Å².